The van der Waals surface area contributed by atoms with E-state index in [1.165, 1.54) is 18.6 Å². The van der Waals surface area contributed by atoms with Crippen molar-refractivity contribution in [3.05, 3.63) is 0 Å². The number of hydrogen-bond acceptors (Lipinski definition) is 3. The van der Waals surface area contributed by atoms with E-state index in [2.05, 4.69) is 17.6 Å². The predicted molar refractivity (Wildman–Crippen MR) is 70.6 cm³/mol. The quantitative estimate of drug-likeness (QED) is 0.567. The highest BCUT2D eigenvalue weighted by atomic mass is 32.2. The van der Waals surface area contributed by atoms with Gasteiger partial charge in [0.15, 0.2) is 5.11 Å². The van der Waals surface area contributed by atoms with Gasteiger partial charge in [-0.3, -0.25) is 0 Å². The first kappa shape index (κ1) is 13.1. The summed E-state index contributed by atoms with van der Waals surface area (Å²) in [5, 5.41) is 7.12. The van der Waals surface area contributed by atoms with Crippen LogP contribution in [0.4, 0.5) is 0 Å². The number of nitrogens with one attached hydrogen (secondary N) is 2. The summed E-state index contributed by atoms with van der Waals surface area (Å²) in [5.74, 6) is 1.28. The highest BCUT2D eigenvalue weighted by Crippen LogP contribution is 2.36. The minimum atomic E-state index is 0.368. The maximum Gasteiger partial charge on any atom is 0.166 e. The minimum absolute atomic E-state index is 0.368. The molecule has 1 saturated heterocycles. The van der Waals surface area contributed by atoms with E-state index in [4.69, 9.17) is 17.0 Å². The molecular formula is C10H20N2OS2. The SMILES string of the molecule is COCCNC(=S)NCC1(C)CCCS1. The lowest BCUT2D eigenvalue weighted by molar-refractivity contribution is 0.204. The summed E-state index contributed by atoms with van der Waals surface area (Å²) in [5.41, 5.74) is 0. The van der Waals surface area contributed by atoms with Crippen molar-refractivity contribution in [1.82, 2.24) is 10.6 Å². The number of hydrogen-bond donors (Lipinski definition) is 2. The zero-order chi connectivity index (χ0) is 11.1. The second kappa shape index (κ2) is 6.55. The van der Waals surface area contributed by atoms with Crippen LogP contribution in [0.25, 0.3) is 0 Å². The summed E-state index contributed by atoms with van der Waals surface area (Å²) in [7, 11) is 1.69. The van der Waals surface area contributed by atoms with E-state index >= 15 is 0 Å². The Hall–Kier alpha value is 0. The Morgan fingerprint density at radius 1 is 1.53 bits per heavy atom. The topological polar surface area (TPSA) is 33.3 Å². The lowest BCUT2D eigenvalue weighted by Gasteiger charge is -2.23. The Morgan fingerprint density at radius 3 is 2.93 bits per heavy atom. The van der Waals surface area contributed by atoms with Gasteiger partial charge in [0.1, 0.15) is 0 Å². The smallest absolute Gasteiger partial charge is 0.166 e. The van der Waals surface area contributed by atoms with Crippen molar-refractivity contribution in [2.24, 2.45) is 0 Å². The molecular weight excluding hydrogens is 228 g/mol. The molecule has 0 aromatic carbocycles. The molecule has 2 N–H and O–H groups in total. The first-order valence-electron chi connectivity index (χ1n) is 5.31. The van der Waals surface area contributed by atoms with Crippen LogP contribution in [0.1, 0.15) is 19.8 Å². The van der Waals surface area contributed by atoms with Crippen molar-refractivity contribution < 1.29 is 4.74 Å². The monoisotopic (exact) mass is 248 g/mol. The van der Waals surface area contributed by atoms with Crippen LogP contribution in [-0.4, -0.2) is 42.4 Å². The Labute approximate surface area is 102 Å². The van der Waals surface area contributed by atoms with Gasteiger partial charge in [-0.15, -0.1) is 0 Å². The fourth-order valence-corrected chi connectivity index (χ4v) is 2.99. The molecule has 0 aromatic rings. The van der Waals surface area contributed by atoms with Crippen molar-refractivity contribution in [1.29, 1.82) is 0 Å². The highest BCUT2D eigenvalue weighted by Gasteiger charge is 2.29. The van der Waals surface area contributed by atoms with Gasteiger partial charge >= 0.3 is 0 Å². The van der Waals surface area contributed by atoms with Gasteiger partial charge in [-0.1, -0.05) is 0 Å². The molecule has 0 bridgehead atoms. The van der Waals surface area contributed by atoms with Crippen molar-refractivity contribution in [3.63, 3.8) is 0 Å². The molecule has 1 fully saturated rings. The summed E-state index contributed by atoms with van der Waals surface area (Å²) in [6, 6.07) is 0. The van der Waals surface area contributed by atoms with E-state index in [-0.39, 0.29) is 0 Å². The maximum absolute atomic E-state index is 5.16. The normalized spacial score (nSPS) is 25.2. The van der Waals surface area contributed by atoms with E-state index in [1.807, 2.05) is 11.8 Å². The Bertz CT molecular complexity index is 206. The Morgan fingerprint density at radius 2 is 2.33 bits per heavy atom. The van der Waals surface area contributed by atoms with Crippen molar-refractivity contribution >= 4 is 29.1 Å². The second-order valence-electron chi connectivity index (χ2n) is 4.00. The molecule has 3 nitrogen and oxygen atoms in total. The van der Waals surface area contributed by atoms with Gasteiger partial charge in [0.2, 0.25) is 0 Å². The third-order valence-electron chi connectivity index (χ3n) is 2.52. The lowest BCUT2D eigenvalue weighted by atomic mass is 10.1. The van der Waals surface area contributed by atoms with Crippen LogP contribution in [0.3, 0.4) is 0 Å². The molecule has 88 valence electrons. The minimum Gasteiger partial charge on any atom is -0.383 e. The van der Waals surface area contributed by atoms with E-state index in [9.17, 15) is 0 Å². The number of rotatable bonds is 5. The fourth-order valence-electron chi connectivity index (χ4n) is 1.57. The van der Waals surface area contributed by atoms with Gasteiger partial charge < -0.3 is 15.4 Å². The first-order chi connectivity index (χ1) is 7.16. The third-order valence-corrected chi connectivity index (χ3v) is 4.34. The van der Waals surface area contributed by atoms with Crippen LogP contribution < -0.4 is 10.6 Å². The predicted octanol–water partition coefficient (Wildman–Crippen LogP) is 1.38. The number of ether oxygens (including phenoxy) is 1. The molecule has 0 aliphatic carbocycles. The Balaban J connectivity index is 2.10. The standard InChI is InChI=1S/C10H20N2OS2/c1-10(4-3-7-15-10)8-12-9(14)11-5-6-13-2/h3-8H2,1-2H3,(H2,11,12,14). The molecule has 1 aliphatic rings. The summed E-state index contributed by atoms with van der Waals surface area (Å²) in [6.45, 7) is 4.71. The number of thiocarbonyl (C=S) groups is 1. The van der Waals surface area contributed by atoms with E-state index in [0.29, 0.717) is 11.4 Å². The van der Waals surface area contributed by atoms with Crippen LogP contribution in [0.2, 0.25) is 0 Å². The largest absolute Gasteiger partial charge is 0.383 e. The molecule has 0 aromatic heterocycles. The summed E-state index contributed by atoms with van der Waals surface area (Å²) in [4.78, 5) is 0. The van der Waals surface area contributed by atoms with Crippen molar-refractivity contribution in [2.45, 2.75) is 24.5 Å². The van der Waals surface area contributed by atoms with Gasteiger partial charge in [0.25, 0.3) is 0 Å². The Kier molecular flexibility index (Phi) is 5.71. The van der Waals surface area contributed by atoms with Crippen LogP contribution >= 0.6 is 24.0 Å². The van der Waals surface area contributed by atoms with E-state index < -0.39 is 0 Å². The summed E-state index contributed by atoms with van der Waals surface area (Å²) in [6.07, 6.45) is 2.61. The highest BCUT2D eigenvalue weighted by molar-refractivity contribution is 8.00. The van der Waals surface area contributed by atoms with Crippen molar-refractivity contribution in [3.8, 4) is 0 Å². The molecule has 1 atom stereocenters. The van der Waals surface area contributed by atoms with Crippen molar-refractivity contribution in [2.75, 3.05) is 32.6 Å². The summed E-state index contributed by atoms with van der Waals surface area (Å²) < 4.78 is 5.30. The first-order valence-corrected chi connectivity index (χ1v) is 6.70. The van der Waals surface area contributed by atoms with Crippen LogP contribution in [0.5, 0.6) is 0 Å². The van der Waals surface area contributed by atoms with Gasteiger partial charge in [0.05, 0.1) is 6.61 Å². The number of thioether (sulfide) groups is 1. The molecule has 1 aliphatic heterocycles. The number of methoxy groups -OCH3 is 1. The fraction of sp³-hybridized carbons (Fsp3) is 0.900. The molecule has 15 heavy (non-hydrogen) atoms. The zero-order valence-corrected chi connectivity index (χ0v) is 11.1. The summed E-state index contributed by atoms with van der Waals surface area (Å²) >= 11 is 7.20. The lowest BCUT2D eigenvalue weighted by Crippen LogP contribution is -2.43. The van der Waals surface area contributed by atoms with E-state index in [1.54, 1.807) is 7.11 Å². The van der Waals surface area contributed by atoms with E-state index in [0.717, 1.165) is 18.2 Å². The zero-order valence-electron chi connectivity index (χ0n) is 9.47. The molecule has 0 amide bonds. The average Bonchev–Trinajstić information content (AvgIpc) is 2.64. The molecule has 1 heterocycles. The molecule has 0 radical (unpaired) electrons. The van der Waals surface area contributed by atoms with Crippen LogP contribution in [0.15, 0.2) is 0 Å². The molecule has 1 unspecified atom stereocenters. The van der Waals surface area contributed by atoms with Crippen LogP contribution in [0, 0.1) is 0 Å². The average molecular weight is 248 g/mol. The van der Waals surface area contributed by atoms with Gasteiger partial charge in [-0.25, -0.2) is 0 Å². The van der Waals surface area contributed by atoms with Gasteiger partial charge in [-0.05, 0) is 37.7 Å². The molecule has 0 saturated carbocycles. The van der Waals surface area contributed by atoms with Crippen LogP contribution in [-0.2, 0) is 4.74 Å². The molecule has 5 heteroatoms. The second-order valence-corrected chi connectivity index (χ2v) is 6.09. The van der Waals surface area contributed by atoms with Gasteiger partial charge in [-0.2, -0.15) is 11.8 Å². The maximum atomic E-state index is 5.16. The third kappa shape index (κ3) is 5.04. The van der Waals surface area contributed by atoms with Gasteiger partial charge in [0, 0.05) is 24.9 Å². The molecule has 0 spiro atoms. The molecule has 1 rings (SSSR count).